The molecule has 1 aliphatic carbocycles. The van der Waals surface area contributed by atoms with Gasteiger partial charge in [-0.15, -0.1) is 0 Å². The number of ether oxygens (including phenoxy) is 1. The Kier molecular flexibility index (Phi) is 7.86. The molecule has 0 heterocycles. The molecule has 0 aromatic heterocycles. The van der Waals surface area contributed by atoms with Crippen LogP contribution < -0.4 is 5.73 Å². The van der Waals surface area contributed by atoms with Crippen LogP contribution in [0.5, 0.6) is 0 Å². The molecule has 0 radical (unpaired) electrons. The second-order valence-corrected chi connectivity index (χ2v) is 7.94. The van der Waals surface area contributed by atoms with Crippen molar-refractivity contribution in [2.75, 3.05) is 0 Å². The number of hydrogen-bond acceptors (Lipinski definition) is 5. The Morgan fingerprint density at radius 3 is 2.21 bits per heavy atom. The SMILES string of the molecule is CC(C)C[C@H](N)C(=O)OC1CCC1.Cc1ccc(S(=O)(=O)O)cc1. The van der Waals surface area contributed by atoms with Gasteiger partial charge in [0.25, 0.3) is 10.1 Å². The van der Waals surface area contributed by atoms with E-state index in [1.54, 1.807) is 12.1 Å². The van der Waals surface area contributed by atoms with Crippen molar-refractivity contribution in [3.05, 3.63) is 29.8 Å². The second kappa shape index (κ2) is 9.15. The highest BCUT2D eigenvalue weighted by Crippen LogP contribution is 2.22. The summed E-state index contributed by atoms with van der Waals surface area (Å²) in [5.41, 5.74) is 6.63. The van der Waals surface area contributed by atoms with Crippen LogP contribution in [0.25, 0.3) is 0 Å². The van der Waals surface area contributed by atoms with Gasteiger partial charge in [0, 0.05) is 0 Å². The van der Waals surface area contributed by atoms with Crippen LogP contribution in [0.4, 0.5) is 0 Å². The first-order valence-corrected chi connectivity index (χ1v) is 9.54. The van der Waals surface area contributed by atoms with Crippen LogP contribution in [0, 0.1) is 12.8 Å². The zero-order chi connectivity index (χ0) is 18.3. The Morgan fingerprint density at radius 2 is 1.83 bits per heavy atom. The molecule has 1 fully saturated rings. The monoisotopic (exact) mass is 357 g/mol. The number of nitrogens with two attached hydrogens (primary N) is 1. The molecule has 7 heteroatoms. The fraction of sp³-hybridized carbons (Fsp3) is 0.588. The second-order valence-electron chi connectivity index (χ2n) is 6.51. The third kappa shape index (κ3) is 7.42. The smallest absolute Gasteiger partial charge is 0.323 e. The minimum atomic E-state index is -4.02. The van der Waals surface area contributed by atoms with E-state index in [1.807, 2.05) is 6.92 Å². The fourth-order valence-electron chi connectivity index (χ4n) is 2.05. The number of hydrogen-bond donors (Lipinski definition) is 2. The molecule has 1 aliphatic rings. The summed E-state index contributed by atoms with van der Waals surface area (Å²) in [4.78, 5) is 11.3. The molecule has 1 aromatic rings. The van der Waals surface area contributed by atoms with Crippen molar-refractivity contribution in [1.29, 1.82) is 0 Å². The van der Waals surface area contributed by atoms with Gasteiger partial charge in [-0.25, -0.2) is 0 Å². The van der Waals surface area contributed by atoms with E-state index in [9.17, 15) is 13.2 Å². The summed E-state index contributed by atoms with van der Waals surface area (Å²) in [6.07, 6.45) is 4.08. The molecule has 6 nitrogen and oxygen atoms in total. The Labute approximate surface area is 144 Å². The van der Waals surface area contributed by atoms with E-state index in [-0.39, 0.29) is 17.0 Å². The molecule has 3 N–H and O–H groups in total. The highest BCUT2D eigenvalue weighted by molar-refractivity contribution is 7.85. The lowest BCUT2D eigenvalue weighted by molar-refractivity contribution is -0.154. The van der Waals surface area contributed by atoms with E-state index >= 15 is 0 Å². The Bertz CT molecular complexity index is 621. The van der Waals surface area contributed by atoms with Gasteiger partial charge in [0.05, 0.1) is 4.90 Å². The van der Waals surface area contributed by atoms with E-state index in [2.05, 4.69) is 13.8 Å². The van der Waals surface area contributed by atoms with Crippen LogP contribution in [-0.2, 0) is 19.6 Å². The molecule has 136 valence electrons. The largest absolute Gasteiger partial charge is 0.461 e. The first-order valence-electron chi connectivity index (χ1n) is 8.10. The summed E-state index contributed by atoms with van der Waals surface area (Å²) in [6.45, 7) is 5.95. The Morgan fingerprint density at radius 1 is 1.29 bits per heavy atom. The fourth-order valence-corrected chi connectivity index (χ4v) is 2.53. The molecule has 0 amide bonds. The van der Waals surface area contributed by atoms with Crippen LogP contribution in [0.2, 0.25) is 0 Å². The first-order chi connectivity index (χ1) is 11.1. The topological polar surface area (TPSA) is 107 Å². The Hall–Kier alpha value is -1.44. The van der Waals surface area contributed by atoms with Crippen LogP contribution in [0.1, 0.15) is 45.1 Å². The van der Waals surface area contributed by atoms with E-state index in [1.165, 1.54) is 18.6 Å². The van der Waals surface area contributed by atoms with E-state index in [0.29, 0.717) is 12.3 Å². The minimum Gasteiger partial charge on any atom is -0.461 e. The predicted octanol–water partition coefficient (Wildman–Crippen LogP) is 2.70. The lowest BCUT2D eigenvalue weighted by Gasteiger charge is -2.26. The molecule has 1 saturated carbocycles. The highest BCUT2D eigenvalue weighted by atomic mass is 32.2. The summed E-state index contributed by atoms with van der Waals surface area (Å²) in [6, 6.07) is 5.56. The standard InChI is InChI=1S/C10H19NO2.C7H8O3S/c1-7(2)6-9(11)10(12)13-8-4-3-5-8;1-6-2-4-7(5-3-6)11(8,9)10/h7-9H,3-6,11H2,1-2H3;2-5H,1H3,(H,8,9,10)/t9-;/m0./s1. The lowest BCUT2D eigenvalue weighted by Crippen LogP contribution is -2.37. The van der Waals surface area contributed by atoms with Gasteiger partial charge in [-0.05, 0) is 50.7 Å². The maximum absolute atomic E-state index is 11.3. The van der Waals surface area contributed by atoms with Gasteiger partial charge in [-0.3, -0.25) is 9.35 Å². The molecule has 0 unspecified atom stereocenters. The molecule has 0 bridgehead atoms. The Balaban J connectivity index is 0.000000243. The summed E-state index contributed by atoms with van der Waals surface area (Å²) < 4.78 is 34.7. The van der Waals surface area contributed by atoms with Gasteiger partial charge in [0.15, 0.2) is 0 Å². The normalized spacial score (nSPS) is 15.9. The van der Waals surface area contributed by atoms with Crippen LogP contribution in [0.3, 0.4) is 0 Å². The van der Waals surface area contributed by atoms with Crippen LogP contribution >= 0.6 is 0 Å². The van der Waals surface area contributed by atoms with Crippen molar-refractivity contribution in [3.63, 3.8) is 0 Å². The van der Waals surface area contributed by atoms with Gasteiger partial charge >= 0.3 is 5.97 Å². The molecule has 24 heavy (non-hydrogen) atoms. The average molecular weight is 357 g/mol. The van der Waals surface area contributed by atoms with Crippen molar-refractivity contribution in [1.82, 2.24) is 0 Å². The molecule has 1 aromatic carbocycles. The van der Waals surface area contributed by atoms with Gasteiger partial charge in [-0.2, -0.15) is 8.42 Å². The van der Waals surface area contributed by atoms with E-state index in [0.717, 1.165) is 18.4 Å². The van der Waals surface area contributed by atoms with Crippen molar-refractivity contribution < 1.29 is 22.5 Å². The van der Waals surface area contributed by atoms with Crippen molar-refractivity contribution in [2.45, 2.75) is 63.5 Å². The highest BCUT2D eigenvalue weighted by Gasteiger charge is 2.25. The zero-order valence-corrected chi connectivity index (χ0v) is 15.3. The summed E-state index contributed by atoms with van der Waals surface area (Å²) in [5, 5.41) is 0. The number of carbonyl (C=O) groups is 1. The summed E-state index contributed by atoms with van der Waals surface area (Å²) >= 11 is 0. The minimum absolute atomic E-state index is 0.0666. The van der Waals surface area contributed by atoms with E-state index < -0.39 is 16.2 Å². The first kappa shape index (κ1) is 20.6. The van der Waals surface area contributed by atoms with Gasteiger partial charge in [0.2, 0.25) is 0 Å². The maximum atomic E-state index is 11.3. The number of benzene rings is 1. The molecule has 1 atom stereocenters. The molecule has 0 saturated heterocycles. The van der Waals surface area contributed by atoms with Crippen molar-refractivity contribution >= 4 is 16.1 Å². The van der Waals surface area contributed by atoms with Crippen LogP contribution in [0.15, 0.2) is 29.2 Å². The average Bonchev–Trinajstić information content (AvgIpc) is 2.42. The third-order valence-corrected chi connectivity index (χ3v) is 4.55. The molecule has 0 spiro atoms. The number of carbonyl (C=O) groups excluding carboxylic acids is 1. The number of esters is 1. The van der Waals surface area contributed by atoms with Crippen molar-refractivity contribution in [2.24, 2.45) is 11.7 Å². The molecular formula is C17H27NO5S. The van der Waals surface area contributed by atoms with Gasteiger partial charge in [0.1, 0.15) is 12.1 Å². The maximum Gasteiger partial charge on any atom is 0.323 e. The van der Waals surface area contributed by atoms with Gasteiger partial charge < -0.3 is 10.5 Å². The van der Waals surface area contributed by atoms with Crippen molar-refractivity contribution in [3.8, 4) is 0 Å². The number of rotatable bonds is 5. The van der Waals surface area contributed by atoms with Crippen LogP contribution in [-0.4, -0.2) is 31.1 Å². The summed E-state index contributed by atoms with van der Waals surface area (Å²) in [5.74, 6) is 0.224. The third-order valence-electron chi connectivity index (χ3n) is 3.68. The zero-order valence-electron chi connectivity index (χ0n) is 14.4. The predicted molar refractivity (Wildman–Crippen MR) is 92.2 cm³/mol. The molecule has 2 rings (SSSR count). The quantitative estimate of drug-likeness (QED) is 0.620. The lowest BCUT2D eigenvalue weighted by atomic mass is 9.96. The number of aryl methyl sites for hydroxylation is 1. The van der Waals surface area contributed by atoms with E-state index in [4.69, 9.17) is 15.0 Å². The van der Waals surface area contributed by atoms with Gasteiger partial charge in [-0.1, -0.05) is 31.5 Å². The summed E-state index contributed by atoms with van der Waals surface area (Å²) in [7, 11) is -4.02. The molecular weight excluding hydrogens is 330 g/mol. The molecule has 0 aliphatic heterocycles.